The summed E-state index contributed by atoms with van der Waals surface area (Å²) in [6.45, 7) is 1.62. The molecule has 0 unspecified atom stereocenters. The molecule has 0 bridgehead atoms. The van der Waals surface area contributed by atoms with Crippen molar-refractivity contribution in [2.75, 3.05) is 10.5 Å². The highest BCUT2D eigenvalue weighted by molar-refractivity contribution is 7.92. The van der Waals surface area contributed by atoms with Crippen LogP contribution >= 0.6 is 11.6 Å². The number of benzene rings is 2. The smallest absolute Gasteiger partial charge is 0.264 e. The molecular formula is C13H11ClF2N2O2S. The van der Waals surface area contributed by atoms with Crippen molar-refractivity contribution in [3.63, 3.8) is 0 Å². The Hall–Kier alpha value is -1.86. The SMILES string of the molecule is Cc1cc(N)c(Cl)cc1NS(=O)(=O)c1ccc(F)cc1F. The fourth-order valence-corrected chi connectivity index (χ4v) is 3.05. The molecule has 0 atom stereocenters. The van der Waals surface area contributed by atoms with E-state index < -0.39 is 26.6 Å². The Kier molecular flexibility index (Phi) is 4.06. The first-order chi connectivity index (χ1) is 9.70. The van der Waals surface area contributed by atoms with E-state index in [0.717, 1.165) is 12.1 Å². The third kappa shape index (κ3) is 3.25. The molecule has 8 heteroatoms. The minimum Gasteiger partial charge on any atom is -0.398 e. The lowest BCUT2D eigenvalue weighted by molar-refractivity contribution is 0.551. The van der Waals surface area contributed by atoms with Gasteiger partial charge in [-0.3, -0.25) is 4.72 Å². The van der Waals surface area contributed by atoms with Crippen molar-refractivity contribution in [3.05, 3.63) is 52.6 Å². The predicted octanol–water partition coefficient (Wildman–Crippen LogP) is 3.31. The second kappa shape index (κ2) is 5.50. The third-order valence-corrected chi connectivity index (χ3v) is 4.50. The van der Waals surface area contributed by atoms with E-state index >= 15 is 0 Å². The number of rotatable bonds is 3. The van der Waals surface area contributed by atoms with Crippen LogP contribution in [0, 0.1) is 18.6 Å². The van der Waals surface area contributed by atoms with Gasteiger partial charge in [0.2, 0.25) is 0 Å². The fraction of sp³-hybridized carbons (Fsp3) is 0.0769. The Labute approximate surface area is 125 Å². The summed E-state index contributed by atoms with van der Waals surface area (Å²) >= 11 is 5.83. The summed E-state index contributed by atoms with van der Waals surface area (Å²) in [6, 6.07) is 5.02. The number of nitrogens with one attached hydrogen (secondary N) is 1. The topological polar surface area (TPSA) is 72.2 Å². The van der Waals surface area contributed by atoms with Gasteiger partial charge in [0.1, 0.15) is 16.5 Å². The summed E-state index contributed by atoms with van der Waals surface area (Å²) < 4.78 is 52.9. The van der Waals surface area contributed by atoms with Gasteiger partial charge in [-0.2, -0.15) is 0 Å². The maximum Gasteiger partial charge on any atom is 0.264 e. The molecule has 0 fully saturated rings. The summed E-state index contributed by atoms with van der Waals surface area (Å²) in [5, 5.41) is 0.165. The number of nitrogens with two attached hydrogens (primary N) is 1. The molecule has 2 aromatic carbocycles. The van der Waals surface area contributed by atoms with Crippen LogP contribution in [0.4, 0.5) is 20.2 Å². The van der Waals surface area contributed by atoms with Gasteiger partial charge in [0.15, 0.2) is 0 Å². The molecule has 0 aliphatic heterocycles. The number of nitrogen functional groups attached to an aromatic ring is 1. The monoisotopic (exact) mass is 332 g/mol. The van der Waals surface area contributed by atoms with Crippen molar-refractivity contribution >= 4 is 33.0 Å². The van der Waals surface area contributed by atoms with Crippen molar-refractivity contribution in [1.82, 2.24) is 0 Å². The van der Waals surface area contributed by atoms with E-state index in [0.29, 0.717) is 17.3 Å². The largest absolute Gasteiger partial charge is 0.398 e. The predicted molar refractivity (Wildman–Crippen MR) is 77.8 cm³/mol. The molecule has 3 N–H and O–H groups in total. The molecule has 2 aromatic rings. The molecule has 0 radical (unpaired) electrons. The Morgan fingerprint density at radius 2 is 1.86 bits per heavy atom. The van der Waals surface area contributed by atoms with E-state index in [1.165, 1.54) is 12.1 Å². The zero-order valence-corrected chi connectivity index (χ0v) is 12.4. The molecule has 0 saturated heterocycles. The van der Waals surface area contributed by atoms with Crippen LogP contribution < -0.4 is 10.5 Å². The van der Waals surface area contributed by atoms with Crippen LogP contribution in [0.3, 0.4) is 0 Å². The molecular weight excluding hydrogens is 322 g/mol. The van der Waals surface area contributed by atoms with Crippen LogP contribution in [-0.2, 0) is 10.0 Å². The van der Waals surface area contributed by atoms with Gasteiger partial charge >= 0.3 is 0 Å². The molecule has 21 heavy (non-hydrogen) atoms. The normalized spacial score (nSPS) is 11.4. The Balaban J connectivity index is 2.45. The molecule has 0 aromatic heterocycles. The molecule has 0 spiro atoms. The van der Waals surface area contributed by atoms with Gasteiger partial charge < -0.3 is 5.73 Å². The lowest BCUT2D eigenvalue weighted by Crippen LogP contribution is -2.15. The summed E-state index contributed by atoms with van der Waals surface area (Å²) in [6.07, 6.45) is 0. The van der Waals surface area contributed by atoms with Gasteiger partial charge in [-0.25, -0.2) is 17.2 Å². The fourth-order valence-electron chi connectivity index (χ4n) is 1.71. The Bertz CT molecular complexity index is 810. The van der Waals surface area contributed by atoms with Gasteiger partial charge in [-0.15, -0.1) is 0 Å². The van der Waals surface area contributed by atoms with Crippen molar-refractivity contribution < 1.29 is 17.2 Å². The highest BCUT2D eigenvalue weighted by atomic mass is 35.5. The number of aryl methyl sites for hydroxylation is 1. The molecule has 0 saturated carbocycles. The number of halogens is 3. The molecule has 0 aliphatic rings. The zero-order chi connectivity index (χ0) is 15.8. The molecule has 112 valence electrons. The highest BCUT2D eigenvalue weighted by Gasteiger charge is 2.20. The van der Waals surface area contributed by atoms with E-state index in [2.05, 4.69) is 4.72 Å². The van der Waals surface area contributed by atoms with Crippen LogP contribution in [0.1, 0.15) is 5.56 Å². The van der Waals surface area contributed by atoms with Gasteiger partial charge in [-0.05, 0) is 36.8 Å². The van der Waals surface area contributed by atoms with Crippen molar-refractivity contribution in [2.45, 2.75) is 11.8 Å². The molecule has 2 rings (SSSR count). The lowest BCUT2D eigenvalue weighted by atomic mass is 10.2. The minimum absolute atomic E-state index is 0.165. The maximum absolute atomic E-state index is 13.6. The van der Waals surface area contributed by atoms with Crippen LogP contribution in [0.25, 0.3) is 0 Å². The second-order valence-electron chi connectivity index (χ2n) is 4.37. The average molecular weight is 333 g/mol. The highest BCUT2D eigenvalue weighted by Crippen LogP contribution is 2.28. The Morgan fingerprint density at radius 1 is 1.19 bits per heavy atom. The van der Waals surface area contributed by atoms with Crippen molar-refractivity contribution in [2.24, 2.45) is 0 Å². The van der Waals surface area contributed by atoms with Gasteiger partial charge in [-0.1, -0.05) is 11.6 Å². The summed E-state index contributed by atoms with van der Waals surface area (Å²) in [4.78, 5) is -0.656. The van der Waals surface area contributed by atoms with E-state index in [-0.39, 0.29) is 10.7 Å². The molecule has 0 aliphatic carbocycles. The quantitative estimate of drug-likeness (QED) is 0.847. The first kappa shape index (κ1) is 15.5. The first-order valence-corrected chi connectivity index (χ1v) is 7.60. The summed E-state index contributed by atoms with van der Waals surface area (Å²) in [5.41, 5.74) is 6.57. The van der Waals surface area contributed by atoms with E-state index in [1.807, 2.05) is 0 Å². The number of anilines is 2. The number of sulfonamides is 1. The van der Waals surface area contributed by atoms with E-state index in [1.54, 1.807) is 6.92 Å². The molecule has 0 amide bonds. The van der Waals surface area contributed by atoms with Crippen LogP contribution in [0.5, 0.6) is 0 Å². The minimum atomic E-state index is -4.20. The average Bonchev–Trinajstić information content (AvgIpc) is 2.35. The van der Waals surface area contributed by atoms with Crippen LogP contribution in [-0.4, -0.2) is 8.42 Å². The van der Waals surface area contributed by atoms with Crippen LogP contribution in [0.15, 0.2) is 35.2 Å². The lowest BCUT2D eigenvalue weighted by Gasteiger charge is -2.12. The standard InChI is InChI=1S/C13H11ClF2N2O2S/c1-7-4-11(17)9(14)6-12(7)18-21(19,20)13-3-2-8(15)5-10(13)16/h2-6,18H,17H2,1H3. The third-order valence-electron chi connectivity index (χ3n) is 2.77. The summed E-state index contributed by atoms with van der Waals surface area (Å²) in [7, 11) is -4.20. The van der Waals surface area contributed by atoms with Gasteiger partial charge in [0.05, 0.1) is 16.4 Å². The number of hydrogen-bond donors (Lipinski definition) is 2. The van der Waals surface area contributed by atoms with Gasteiger partial charge in [0, 0.05) is 6.07 Å². The zero-order valence-electron chi connectivity index (χ0n) is 10.8. The van der Waals surface area contributed by atoms with E-state index in [9.17, 15) is 17.2 Å². The summed E-state index contributed by atoms with van der Waals surface area (Å²) in [5.74, 6) is -2.04. The first-order valence-electron chi connectivity index (χ1n) is 5.74. The van der Waals surface area contributed by atoms with Crippen LogP contribution in [0.2, 0.25) is 5.02 Å². The second-order valence-corrected chi connectivity index (χ2v) is 6.43. The van der Waals surface area contributed by atoms with Crippen molar-refractivity contribution in [1.29, 1.82) is 0 Å². The van der Waals surface area contributed by atoms with Crippen molar-refractivity contribution in [3.8, 4) is 0 Å². The molecule has 4 nitrogen and oxygen atoms in total. The molecule has 0 heterocycles. The van der Waals surface area contributed by atoms with E-state index in [4.69, 9.17) is 17.3 Å². The van der Waals surface area contributed by atoms with Gasteiger partial charge in [0.25, 0.3) is 10.0 Å². The number of hydrogen-bond acceptors (Lipinski definition) is 3. The maximum atomic E-state index is 13.6. The Morgan fingerprint density at radius 3 is 2.48 bits per heavy atom.